The Balaban J connectivity index is 1.92. The van der Waals surface area contributed by atoms with E-state index in [1.807, 2.05) is 11.0 Å². The topological polar surface area (TPSA) is 30.3 Å². The van der Waals surface area contributed by atoms with E-state index in [4.69, 9.17) is 5.26 Å². The first-order valence-electron chi connectivity index (χ1n) is 5.72. The van der Waals surface area contributed by atoms with Gasteiger partial charge in [0.05, 0.1) is 0 Å². The van der Waals surface area contributed by atoms with Crippen LogP contribution in [-0.2, 0) is 6.54 Å². The summed E-state index contributed by atoms with van der Waals surface area (Å²) in [6.07, 6.45) is 2.24. The van der Waals surface area contributed by atoms with Gasteiger partial charge in [-0.25, -0.2) is 0 Å². The van der Waals surface area contributed by atoms with Crippen LogP contribution < -0.4 is 0 Å². The average molecular weight is 215 g/mol. The summed E-state index contributed by atoms with van der Waals surface area (Å²) in [4.78, 5) is 4.27. The van der Waals surface area contributed by atoms with Crippen molar-refractivity contribution in [3.63, 3.8) is 0 Å². The Morgan fingerprint density at radius 1 is 1.31 bits per heavy atom. The molecule has 1 aliphatic heterocycles. The highest BCUT2D eigenvalue weighted by Gasteiger charge is 2.22. The number of nitriles is 1. The van der Waals surface area contributed by atoms with Gasteiger partial charge in [-0.2, -0.15) is 5.26 Å². The van der Waals surface area contributed by atoms with E-state index < -0.39 is 0 Å². The van der Waals surface area contributed by atoms with Crippen LogP contribution in [0.1, 0.15) is 12.5 Å². The van der Waals surface area contributed by atoms with Crippen molar-refractivity contribution in [2.24, 2.45) is 0 Å². The number of hydrogen-bond acceptors (Lipinski definition) is 3. The Labute approximate surface area is 96.9 Å². The maximum atomic E-state index is 8.89. The monoisotopic (exact) mass is 215 g/mol. The van der Waals surface area contributed by atoms with Crippen LogP contribution in [0.25, 0.3) is 0 Å². The van der Waals surface area contributed by atoms with E-state index in [9.17, 15) is 0 Å². The van der Waals surface area contributed by atoms with Crippen molar-refractivity contribution in [1.29, 1.82) is 5.26 Å². The predicted octanol–water partition coefficient (Wildman–Crippen LogP) is 1.67. The van der Waals surface area contributed by atoms with Gasteiger partial charge in [0.1, 0.15) is 0 Å². The number of nitrogens with zero attached hydrogens (tertiary/aromatic N) is 3. The molecule has 1 atom stereocenters. The molecule has 2 rings (SSSR count). The van der Waals surface area contributed by atoms with Crippen molar-refractivity contribution in [1.82, 2.24) is 9.80 Å². The lowest BCUT2D eigenvalue weighted by molar-refractivity contribution is 0.121. The van der Waals surface area contributed by atoms with Crippen LogP contribution in [0.15, 0.2) is 30.3 Å². The lowest BCUT2D eigenvalue weighted by Gasteiger charge is -2.36. The van der Waals surface area contributed by atoms with Gasteiger partial charge in [-0.15, -0.1) is 0 Å². The summed E-state index contributed by atoms with van der Waals surface area (Å²) in [5.74, 6) is 0. The molecule has 1 unspecified atom stereocenters. The van der Waals surface area contributed by atoms with Crippen LogP contribution in [0.5, 0.6) is 0 Å². The predicted molar refractivity (Wildman–Crippen MR) is 63.5 cm³/mol. The highest BCUT2D eigenvalue weighted by Crippen LogP contribution is 2.11. The molecular formula is C13H17N3. The Bertz CT molecular complexity index is 369. The van der Waals surface area contributed by atoms with E-state index in [2.05, 4.69) is 42.3 Å². The molecule has 1 aromatic carbocycles. The molecule has 0 aliphatic carbocycles. The zero-order valence-electron chi connectivity index (χ0n) is 9.63. The van der Waals surface area contributed by atoms with Gasteiger partial charge in [0.2, 0.25) is 0 Å². The van der Waals surface area contributed by atoms with Gasteiger partial charge in [-0.05, 0) is 12.5 Å². The molecule has 0 aromatic heterocycles. The van der Waals surface area contributed by atoms with Gasteiger partial charge in [-0.3, -0.25) is 4.90 Å². The average Bonchev–Trinajstić information content (AvgIpc) is 2.31. The molecular weight excluding hydrogens is 198 g/mol. The fraction of sp³-hybridized carbons (Fsp3) is 0.462. The minimum Gasteiger partial charge on any atom is -0.305 e. The Kier molecular flexibility index (Phi) is 3.43. The fourth-order valence-electron chi connectivity index (χ4n) is 2.17. The maximum Gasteiger partial charge on any atom is 0.179 e. The molecule has 0 N–H and O–H groups in total. The number of hydrogen-bond donors (Lipinski definition) is 0. The first-order valence-corrected chi connectivity index (χ1v) is 5.72. The third-order valence-corrected chi connectivity index (χ3v) is 3.09. The van der Waals surface area contributed by atoms with Crippen LogP contribution >= 0.6 is 0 Å². The summed E-state index contributed by atoms with van der Waals surface area (Å²) in [6, 6.07) is 10.8. The molecule has 1 heterocycles. The minimum absolute atomic E-state index is 0.336. The van der Waals surface area contributed by atoms with Gasteiger partial charge >= 0.3 is 0 Å². The van der Waals surface area contributed by atoms with Crippen molar-refractivity contribution >= 4 is 0 Å². The van der Waals surface area contributed by atoms with E-state index in [0.717, 1.165) is 26.2 Å². The third-order valence-electron chi connectivity index (χ3n) is 3.09. The molecule has 0 saturated carbocycles. The van der Waals surface area contributed by atoms with E-state index >= 15 is 0 Å². The van der Waals surface area contributed by atoms with Crippen molar-refractivity contribution in [3.8, 4) is 6.19 Å². The van der Waals surface area contributed by atoms with E-state index in [1.165, 1.54) is 5.56 Å². The standard InChI is InChI=1S/C13H17N3/c1-12-9-15(7-8-16(12)11-14)10-13-5-3-2-4-6-13/h2-6,12H,7-10H2,1H3. The Hall–Kier alpha value is -1.53. The summed E-state index contributed by atoms with van der Waals surface area (Å²) in [6.45, 7) is 5.91. The van der Waals surface area contributed by atoms with E-state index in [1.54, 1.807) is 0 Å². The Morgan fingerprint density at radius 3 is 2.69 bits per heavy atom. The molecule has 0 radical (unpaired) electrons. The molecule has 0 spiro atoms. The van der Waals surface area contributed by atoms with Crippen LogP contribution in [-0.4, -0.2) is 35.5 Å². The molecule has 0 amide bonds. The molecule has 1 aliphatic rings. The van der Waals surface area contributed by atoms with Crippen LogP contribution in [0.2, 0.25) is 0 Å². The molecule has 3 nitrogen and oxygen atoms in total. The summed E-state index contributed by atoms with van der Waals surface area (Å²) < 4.78 is 0. The molecule has 1 aromatic rings. The number of benzene rings is 1. The molecule has 0 bridgehead atoms. The highest BCUT2D eigenvalue weighted by atomic mass is 15.3. The zero-order chi connectivity index (χ0) is 11.4. The first-order chi connectivity index (χ1) is 7.79. The van der Waals surface area contributed by atoms with Crippen molar-refractivity contribution in [2.75, 3.05) is 19.6 Å². The van der Waals surface area contributed by atoms with Crippen LogP contribution in [0, 0.1) is 11.5 Å². The largest absolute Gasteiger partial charge is 0.305 e. The van der Waals surface area contributed by atoms with Gasteiger partial charge in [0.15, 0.2) is 6.19 Å². The number of rotatable bonds is 2. The third kappa shape index (κ3) is 2.53. The maximum absolute atomic E-state index is 8.89. The number of piperazine rings is 1. The van der Waals surface area contributed by atoms with Gasteiger partial charge in [0, 0.05) is 32.2 Å². The second-order valence-corrected chi connectivity index (χ2v) is 4.36. The second kappa shape index (κ2) is 5.00. The first kappa shape index (κ1) is 11.0. The summed E-state index contributed by atoms with van der Waals surface area (Å²) in [5, 5.41) is 8.89. The molecule has 3 heteroatoms. The quantitative estimate of drug-likeness (QED) is 0.703. The molecule has 16 heavy (non-hydrogen) atoms. The normalized spacial score (nSPS) is 21.8. The van der Waals surface area contributed by atoms with Crippen molar-refractivity contribution < 1.29 is 0 Å². The summed E-state index contributed by atoms with van der Waals surface area (Å²) in [5.41, 5.74) is 1.35. The van der Waals surface area contributed by atoms with E-state index in [-0.39, 0.29) is 0 Å². The van der Waals surface area contributed by atoms with Gasteiger partial charge in [0.25, 0.3) is 0 Å². The van der Waals surface area contributed by atoms with Gasteiger partial charge < -0.3 is 4.90 Å². The second-order valence-electron chi connectivity index (χ2n) is 4.36. The van der Waals surface area contributed by atoms with Crippen LogP contribution in [0.4, 0.5) is 0 Å². The Morgan fingerprint density at radius 2 is 2.06 bits per heavy atom. The summed E-state index contributed by atoms with van der Waals surface area (Å²) >= 11 is 0. The smallest absolute Gasteiger partial charge is 0.179 e. The summed E-state index contributed by atoms with van der Waals surface area (Å²) in [7, 11) is 0. The SMILES string of the molecule is CC1CN(Cc2ccccc2)CCN1C#N. The molecule has 1 saturated heterocycles. The molecule has 1 fully saturated rings. The van der Waals surface area contributed by atoms with Crippen molar-refractivity contribution in [2.45, 2.75) is 19.5 Å². The minimum atomic E-state index is 0.336. The van der Waals surface area contributed by atoms with E-state index in [0.29, 0.717) is 6.04 Å². The van der Waals surface area contributed by atoms with Crippen LogP contribution in [0.3, 0.4) is 0 Å². The van der Waals surface area contributed by atoms with Gasteiger partial charge in [-0.1, -0.05) is 30.3 Å². The highest BCUT2D eigenvalue weighted by molar-refractivity contribution is 5.14. The fourth-order valence-corrected chi connectivity index (χ4v) is 2.17. The van der Waals surface area contributed by atoms with Crippen molar-refractivity contribution in [3.05, 3.63) is 35.9 Å². The molecule has 84 valence electrons. The zero-order valence-corrected chi connectivity index (χ0v) is 9.63. The lowest BCUT2D eigenvalue weighted by atomic mass is 10.1. The lowest BCUT2D eigenvalue weighted by Crippen LogP contribution is -2.49.